The first kappa shape index (κ1) is 11.7. The van der Waals surface area contributed by atoms with E-state index in [1.54, 1.807) is 18.2 Å². The van der Waals surface area contributed by atoms with Gasteiger partial charge >= 0.3 is 6.16 Å². The summed E-state index contributed by atoms with van der Waals surface area (Å²) in [5, 5.41) is 9.38. The highest BCUT2D eigenvalue weighted by atomic mass is 16.7. The van der Waals surface area contributed by atoms with Crippen molar-refractivity contribution in [3.63, 3.8) is 0 Å². The van der Waals surface area contributed by atoms with Crippen molar-refractivity contribution in [1.29, 1.82) is 0 Å². The van der Waals surface area contributed by atoms with E-state index in [2.05, 4.69) is 4.74 Å². The molecule has 1 aliphatic rings. The minimum absolute atomic E-state index is 0.225. The predicted octanol–water partition coefficient (Wildman–Crippen LogP) is 1.49. The number of nitrogens with two attached hydrogens (primary N) is 1. The fourth-order valence-electron chi connectivity index (χ4n) is 2.12. The van der Waals surface area contributed by atoms with Crippen molar-refractivity contribution < 1.29 is 19.4 Å². The number of ether oxygens (including phenoxy) is 2. The lowest BCUT2D eigenvalue weighted by Gasteiger charge is -2.30. The number of phenols is 1. The number of methoxy groups -OCH3 is 1. The number of rotatable bonds is 1. The molecule has 0 fully saturated rings. The summed E-state index contributed by atoms with van der Waals surface area (Å²) in [6.07, 6.45) is 0.262. The number of aryl methyl sites for hydroxylation is 1. The predicted molar refractivity (Wildman–Crippen MR) is 60.6 cm³/mol. The smallest absolute Gasteiger partial charge is 0.508 e. The standard InChI is InChI=1S/C12H15NO4/c1-16-12(15)17-10-5-2-7-6-8(14)3-4-9(7)11(10)13/h3-4,6,10-11,14H,2,5,13H2,1H3. The normalized spacial score (nSPS) is 22.7. The van der Waals surface area contributed by atoms with Crippen molar-refractivity contribution in [2.24, 2.45) is 5.73 Å². The molecule has 0 amide bonds. The molecule has 1 aromatic carbocycles. The second kappa shape index (κ2) is 4.63. The topological polar surface area (TPSA) is 81.8 Å². The minimum atomic E-state index is -0.715. The number of fused-ring (bicyclic) bond motifs is 1. The second-order valence-corrected chi connectivity index (χ2v) is 4.06. The van der Waals surface area contributed by atoms with Crippen molar-refractivity contribution >= 4 is 6.16 Å². The largest absolute Gasteiger partial charge is 0.508 e. The van der Waals surface area contributed by atoms with E-state index in [0.29, 0.717) is 6.42 Å². The van der Waals surface area contributed by atoms with E-state index in [-0.39, 0.29) is 17.9 Å². The molecule has 1 aromatic rings. The van der Waals surface area contributed by atoms with E-state index < -0.39 is 6.16 Å². The van der Waals surface area contributed by atoms with E-state index in [0.717, 1.165) is 17.5 Å². The summed E-state index contributed by atoms with van der Waals surface area (Å²) in [5.74, 6) is 0.225. The summed E-state index contributed by atoms with van der Waals surface area (Å²) in [7, 11) is 1.27. The SMILES string of the molecule is COC(=O)OC1CCc2cc(O)ccc2C1N. The quantitative estimate of drug-likeness (QED) is 0.723. The van der Waals surface area contributed by atoms with Gasteiger partial charge in [-0.05, 0) is 36.1 Å². The zero-order valence-electron chi connectivity index (χ0n) is 9.55. The van der Waals surface area contributed by atoms with Crippen LogP contribution in [-0.2, 0) is 15.9 Å². The number of carbonyl (C=O) groups excluding carboxylic acids is 1. The Hall–Kier alpha value is -1.75. The van der Waals surface area contributed by atoms with Gasteiger partial charge in [-0.25, -0.2) is 4.79 Å². The van der Waals surface area contributed by atoms with Crippen LogP contribution >= 0.6 is 0 Å². The van der Waals surface area contributed by atoms with Crippen molar-refractivity contribution in [2.75, 3.05) is 7.11 Å². The Bertz CT molecular complexity index is 433. The highest BCUT2D eigenvalue weighted by molar-refractivity contribution is 5.60. The molecule has 0 saturated carbocycles. The highest BCUT2D eigenvalue weighted by Gasteiger charge is 2.30. The lowest BCUT2D eigenvalue weighted by atomic mass is 9.86. The molecule has 3 N–H and O–H groups in total. The number of aromatic hydroxyl groups is 1. The number of phenolic OH excluding ortho intramolecular Hbond substituents is 1. The van der Waals surface area contributed by atoms with E-state index in [4.69, 9.17) is 10.5 Å². The Labute approximate surface area is 99.1 Å². The number of hydrogen-bond donors (Lipinski definition) is 2. The average Bonchev–Trinajstić information content (AvgIpc) is 2.32. The third kappa shape index (κ3) is 2.34. The van der Waals surface area contributed by atoms with Crippen LogP contribution in [0, 0.1) is 0 Å². The highest BCUT2D eigenvalue weighted by Crippen LogP contribution is 2.32. The third-order valence-corrected chi connectivity index (χ3v) is 3.00. The molecule has 5 nitrogen and oxygen atoms in total. The summed E-state index contributed by atoms with van der Waals surface area (Å²) < 4.78 is 9.54. The monoisotopic (exact) mass is 237 g/mol. The minimum Gasteiger partial charge on any atom is -0.508 e. The molecule has 0 heterocycles. The molecule has 2 atom stereocenters. The summed E-state index contributed by atoms with van der Waals surface area (Å²) in [6.45, 7) is 0. The maximum atomic E-state index is 11.1. The Morgan fingerprint density at radius 2 is 2.29 bits per heavy atom. The lowest BCUT2D eigenvalue weighted by Crippen LogP contribution is -2.35. The van der Waals surface area contributed by atoms with Gasteiger partial charge in [0.2, 0.25) is 0 Å². The van der Waals surface area contributed by atoms with Gasteiger partial charge < -0.3 is 20.3 Å². The van der Waals surface area contributed by atoms with Crippen LogP contribution in [0.4, 0.5) is 4.79 Å². The number of benzene rings is 1. The summed E-state index contributed by atoms with van der Waals surface area (Å²) >= 11 is 0. The first-order valence-corrected chi connectivity index (χ1v) is 5.44. The van der Waals surface area contributed by atoms with Crippen molar-refractivity contribution in [3.8, 4) is 5.75 Å². The molecule has 0 bridgehead atoms. The van der Waals surface area contributed by atoms with Crippen LogP contribution in [0.1, 0.15) is 23.6 Å². The maximum absolute atomic E-state index is 11.1. The van der Waals surface area contributed by atoms with E-state index in [1.807, 2.05) is 0 Å². The van der Waals surface area contributed by atoms with Crippen molar-refractivity contribution in [2.45, 2.75) is 25.0 Å². The molecule has 0 aromatic heterocycles. The molecule has 2 rings (SSSR count). The summed E-state index contributed by atoms with van der Waals surface area (Å²) in [5.41, 5.74) is 7.94. The van der Waals surface area contributed by atoms with Crippen LogP contribution in [-0.4, -0.2) is 24.5 Å². The molecule has 2 unspecified atom stereocenters. The Morgan fingerprint density at radius 3 is 3.00 bits per heavy atom. The van der Waals surface area contributed by atoms with Gasteiger partial charge in [-0.3, -0.25) is 0 Å². The van der Waals surface area contributed by atoms with Gasteiger partial charge in [-0.2, -0.15) is 0 Å². The van der Waals surface area contributed by atoms with Gasteiger partial charge in [0, 0.05) is 0 Å². The van der Waals surface area contributed by atoms with Gasteiger partial charge in [0.05, 0.1) is 13.2 Å². The lowest BCUT2D eigenvalue weighted by molar-refractivity contribution is 0.0209. The van der Waals surface area contributed by atoms with Crippen LogP contribution in [0.5, 0.6) is 5.75 Å². The Kier molecular flexibility index (Phi) is 3.19. The van der Waals surface area contributed by atoms with Gasteiger partial charge in [-0.15, -0.1) is 0 Å². The van der Waals surface area contributed by atoms with Crippen LogP contribution in [0.3, 0.4) is 0 Å². The van der Waals surface area contributed by atoms with Crippen molar-refractivity contribution in [3.05, 3.63) is 29.3 Å². The second-order valence-electron chi connectivity index (χ2n) is 4.06. The fraction of sp³-hybridized carbons (Fsp3) is 0.417. The summed E-state index contributed by atoms with van der Waals surface area (Å²) in [6, 6.07) is 4.67. The van der Waals surface area contributed by atoms with E-state index in [1.165, 1.54) is 7.11 Å². The first-order chi connectivity index (χ1) is 8.11. The molecule has 1 aliphatic carbocycles. The van der Waals surface area contributed by atoms with Crippen LogP contribution < -0.4 is 5.73 Å². The number of carbonyl (C=O) groups is 1. The third-order valence-electron chi connectivity index (χ3n) is 3.00. The fourth-order valence-corrected chi connectivity index (χ4v) is 2.12. The maximum Gasteiger partial charge on any atom is 0.508 e. The van der Waals surface area contributed by atoms with Crippen molar-refractivity contribution in [1.82, 2.24) is 0 Å². The van der Waals surface area contributed by atoms with Crippen LogP contribution in [0.25, 0.3) is 0 Å². The molecule has 17 heavy (non-hydrogen) atoms. The van der Waals surface area contributed by atoms with Gasteiger partial charge in [0.15, 0.2) is 0 Å². The van der Waals surface area contributed by atoms with E-state index in [9.17, 15) is 9.90 Å². The molecule has 0 aliphatic heterocycles. The molecule has 0 spiro atoms. The average molecular weight is 237 g/mol. The van der Waals surface area contributed by atoms with Gasteiger partial charge in [0.1, 0.15) is 11.9 Å². The molecule has 92 valence electrons. The molecule has 5 heteroatoms. The van der Waals surface area contributed by atoms with Crippen LogP contribution in [0.15, 0.2) is 18.2 Å². The molecule has 0 radical (unpaired) electrons. The Balaban J connectivity index is 2.18. The first-order valence-electron chi connectivity index (χ1n) is 5.44. The molecule has 0 saturated heterocycles. The van der Waals surface area contributed by atoms with Gasteiger partial charge in [-0.1, -0.05) is 6.07 Å². The van der Waals surface area contributed by atoms with Crippen LogP contribution in [0.2, 0.25) is 0 Å². The molecular formula is C12H15NO4. The van der Waals surface area contributed by atoms with Gasteiger partial charge in [0.25, 0.3) is 0 Å². The Morgan fingerprint density at radius 1 is 1.53 bits per heavy atom. The zero-order chi connectivity index (χ0) is 12.4. The summed E-state index contributed by atoms with van der Waals surface area (Å²) in [4.78, 5) is 11.1. The number of hydrogen-bond acceptors (Lipinski definition) is 5. The zero-order valence-corrected chi connectivity index (χ0v) is 9.55. The van der Waals surface area contributed by atoms with E-state index >= 15 is 0 Å². The molecular weight excluding hydrogens is 222 g/mol.